The molecule has 232 valence electrons. The van der Waals surface area contributed by atoms with Crippen molar-refractivity contribution >= 4 is 28.5 Å². The average molecular weight is 598 g/mol. The Bertz CT molecular complexity index is 1760. The van der Waals surface area contributed by atoms with Gasteiger partial charge in [-0.05, 0) is 70.2 Å². The summed E-state index contributed by atoms with van der Waals surface area (Å²) in [6, 6.07) is 10.1. The SMILES string of the molecule is COc1cc(C(=O)N2[C@H]3CC[C@@H]2[C@H](N)C3)cc2nc(-c3cc4ccc5nc4n3CCCCCC[C@@H](C)C(=O)N[C@@H]5C)c(C)n12. The standard InChI is InChI=1S/C34H43N7O3/c1-19-9-7-5-6-8-14-39-28(15-22-10-12-26(37-32(22)39)20(2)36-33(19)42)31-21(3)40-29(38-31)16-23(17-30(40)44-4)34(43)41-24-11-13-27(41)25(35)18-24/h10,12,15-17,19-20,24-25,27H,5-9,11,13-14,18,35H2,1-4H3,(H,36,42)/t19-,20-,24+,25-,27-/m1/s1. The lowest BCUT2D eigenvalue weighted by Gasteiger charge is -2.23. The summed E-state index contributed by atoms with van der Waals surface area (Å²) in [5.74, 6) is 0.658. The molecule has 4 aromatic heterocycles. The number of ether oxygens (including phenoxy) is 1. The Morgan fingerprint density at radius 1 is 1.05 bits per heavy atom. The number of pyridine rings is 2. The van der Waals surface area contributed by atoms with Crippen LogP contribution in [0, 0.1) is 12.8 Å². The second-order valence-electron chi connectivity index (χ2n) is 13.1. The van der Waals surface area contributed by atoms with Gasteiger partial charge in [0.1, 0.15) is 17.0 Å². The molecule has 7 heterocycles. The number of methoxy groups -OCH3 is 1. The van der Waals surface area contributed by atoms with Crippen LogP contribution >= 0.6 is 0 Å². The molecule has 2 amide bonds. The number of rotatable bonds is 3. The number of nitrogens with one attached hydrogen (secondary N) is 1. The first-order chi connectivity index (χ1) is 21.2. The molecule has 5 atom stereocenters. The van der Waals surface area contributed by atoms with Gasteiger partial charge in [0.05, 0.1) is 30.2 Å². The van der Waals surface area contributed by atoms with Crippen LogP contribution in [0.3, 0.4) is 0 Å². The molecule has 44 heavy (non-hydrogen) atoms. The van der Waals surface area contributed by atoms with Crippen molar-refractivity contribution in [3.8, 4) is 17.3 Å². The molecular formula is C34H43N7O3. The Morgan fingerprint density at radius 3 is 2.61 bits per heavy atom. The van der Waals surface area contributed by atoms with Crippen molar-refractivity contribution in [2.75, 3.05) is 7.11 Å². The largest absolute Gasteiger partial charge is 0.482 e. The number of hydrogen-bond acceptors (Lipinski definition) is 6. The fraction of sp³-hybridized carbons (Fsp3) is 0.529. The van der Waals surface area contributed by atoms with E-state index in [1.54, 1.807) is 7.11 Å². The molecule has 7 rings (SSSR count). The Morgan fingerprint density at radius 2 is 1.86 bits per heavy atom. The Kier molecular flexibility index (Phi) is 7.35. The molecule has 0 saturated carbocycles. The fourth-order valence-corrected chi connectivity index (χ4v) is 7.73. The predicted octanol–water partition coefficient (Wildman–Crippen LogP) is 5.15. The summed E-state index contributed by atoms with van der Waals surface area (Å²) in [7, 11) is 1.63. The number of amides is 2. The molecule has 3 aliphatic rings. The third kappa shape index (κ3) is 4.74. The number of carbonyl (C=O) groups excluding carboxylic acids is 2. The van der Waals surface area contributed by atoms with Crippen LogP contribution in [0.1, 0.15) is 93.0 Å². The quantitative estimate of drug-likeness (QED) is 0.337. The van der Waals surface area contributed by atoms with Gasteiger partial charge < -0.3 is 25.3 Å². The van der Waals surface area contributed by atoms with Gasteiger partial charge in [0.15, 0.2) is 5.88 Å². The first-order valence-electron chi connectivity index (χ1n) is 16.2. The Balaban J connectivity index is 1.31. The number of hydrogen-bond donors (Lipinski definition) is 2. The normalized spacial score (nSPS) is 26.0. The van der Waals surface area contributed by atoms with Gasteiger partial charge >= 0.3 is 0 Å². The molecule has 10 nitrogen and oxygen atoms in total. The monoisotopic (exact) mass is 597 g/mol. The van der Waals surface area contributed by atoms with Crippen LogP contribution in [0.5, 0.6) is 5.88 Å². The summed E-state index contributed by atoms with van der Waals surface area (Å²) in [6.07, 6.45) is 7.96. The lowest BCUT2D eigenvalue weighted by atomic mass is 9.97. The summed E-state index contributed by atoms with van der Waals surface area (Å²) in [4.78, 5) is 38.8. The fourth-order valence-electron chi connectivity index (χ4n) is 7.73. The molecule has 2 saturated heterocycles. The van der Waals surface area contributed by atoms with E-state index in [0.717, 1.165) is 91.7 Å². The van der Waals surface area contributed by atoms with E-state index in [4.69, 9.17) is 20.4 Å². The molecule has 0 radical (unpaired) electrons. The van der Waals surface area contributed by atoms with Crippen LogP contribution in [0.25, 0.3) is 28.1 Å². The summed E-state index contributed by atoms with van der Waals surface area (Å²) in [5.41, 5.74) is 12.1. The van der Waals surface area contributed by atoms with E-state index < -0.39 is 0 Å². The number of aromatic nitrogens is 4. The zero-order chi connectivity index (χ0) is 30.7. The number of imidazole rings is 1. The zero-order valence-corrected chi connectivity index (χ0v) is 26.2. The summed E-state index contributed by atoms with van der Waals surface area (Å²) in [5, 5.41) is 4.20. The number of aryl methyl sites for hydroxylation is 2. The zero-order valence-electron chi connectivity index (χ0n) is 26.2. The average Bonchev–Trinajstić information content (AvgIpc) is 3.76. The predicted molar refractivity (Wildman–Crippen MR) is 170 cm³/mol. The van der Waals surface area contributed by atoms with Gasteiger partial charge in [-0.1, -0.05) is 26.2 Å². The van der Waals surface area contributed by atoms with Crippen molar-refractivity contribution in [2.45, 2.75) is 103 Å². The van der Waals surface area contributed by atoms with Crippen molar-refractivity contribution in [2.24, 2.45) is 11.7 Å². The molecule has 0 spiro atoms. The van der Waals surface area contributed by atoms with Crippen molar-refractivity contribution in [1.29, 1.82) is 0 Å². The molecule has 10 heteroatoms. The second kappa shape index (κ2) is 11.2. The van der Waals surface area contributed by atoms with E-state index in [-0.39, 0.29) is 41.9 Å². The maximum Gasteiger partial charge on any atom is 0.254 e. The van der Waals surface area contributed by atoms with Gasteiger partial charge in [-0.3, -0.25) is 14.0 Å². The van der Waals surface area contributed by atoms with Crippen LogP contribution in [-0.2, 0) is 11.3 Å². The van der Waals surface area contributed by atoms with Crippen LogP contribution in [0.15, 0.2) is 30.3 Å². The highest BCUT2D eigenvalue weighted by atomic mass is 16.5. The lowest BCUT2D eigenvalue weighted by molar-refractivity contribution is -0.125. The highest BCUT2D eigenvalue weighted by Crippen LogP contribution is 2.39. The minimum absolute atomic E-state index is 0.00283. The molecule has 3 N–H and O–H groups in total. The van der Waals surface area contributed by atoms with Crippen molar-refractivity contribution in [3.05, 3.63) is 47.3 Å². The van der Waals surface area contributed by atoms with E-state index in [1.165, 1.54) is 0 Å². The van der Waals surface area contributed by atoms with E-state index in [9.17, 15) is 9.59 Å². The van der Waals surface area contributed by atoms with E-state index in [2.05, 4.69) is 22.0 Å². The minimum Gasteiger partial charge on any atom is -0.482 e. The molecule has 3 aliphatic heterocycles. The molecule has 4 bridgehead atoms. The summed E-state index contributed by atoms with van der Waals surface area (Å²) >= 11 is 0. The van der Waals surface area contributed by atoms with Crippen molar-refractivity contribution in [1.82, 2.24) is 29.2 Å². The molecule has 0 aliphatic carbocycles. The van der Waals surface area contributed by atoms with Crippen LogP contribution in [-0.4, -0.2) is 60.9 Å². The van der Waals surface area contributed by atoms with Gasteiger partial charge in [0.2, 0.25) is 5.91 Å². The number of carbonyl (C=O) groups is 2. The van der Waals surface area contributed by atoms with Crippen LogP contribution in [0.2, 0.25) is 0 Å². The maximum absolute atomic E-state index is 13.8. The lowest BCUT2D eigenvalue weighted by Crippen LogP contribution is -2.40. The van der Waals surface area contributed by atoms with Crippen LogP contribution in [0.4, 0.5) is 0 Å². The van der Waals surface area contributed by atoms with E-state index >= 15 is 0 Å². The van der Waals surface area contributed by atoms with Crippen LogP contribution < -0.4 is 15.8 Å². The smallest absolute Gasteiger partial charge is 0.254 e. The van der Waals surface area contributed by atoms with Gasteiger partial charge in [-0.25, -0.2) is 9.97 Å². The third-order valence-corrected chi connectivity index (χ3v) is 10.2. The van der Waals surface area contributed by atoms with Crippen molar-refractivity contribution in [3.63, 3.8) is 0 Å². The first kappa shape index (κ1) is 28.8. The highest BCUT2D eigenvalue weighted by Gasteiger charge is 2.47. The molecule has 0 unspecified atom stereocenters. The molecule has 0 aromatic carbocycles. The third-order valence-electron chi connectivity index (χ3n) is 10.2. The topological polar surface area (TPSA) is 120 Å². The van der Waals surface area contributed by atoms with Crippen molar-refractivity contribution < 1.29 is 14.3 Å². The second-order valence-corrected chi connectivity index (χ2v) is 13.1. The Hall–Kier alpha value is -3.92. The van der Waals surface area contributed by atoms with E-state index in [1.807, 2.05) is 48.3 Å². The molecule has 2 fully saturated rings. The van der Waals surface area contributed by atoms with Gasteiger partial charge in [0, 0.05) is 47.6 Å². The molecular weight excluding hydrogens is 554 g/mol. The van der Waals surface area contributed by atoms with Gasteiger partial charge in [0.25, 0.3) is 5.91 Å². The Labute approximate surface area is 258 Å². The highest BCUT2D eigenvalue weighted by molar-refractivity contribution is 5.97. The minimum atomic E-state index is -0.193. The summed E-state index contributed by atoms with van der Waals surface area (Å²) < 4.78 is 10.1. The van der Waals surface area contributed by atoms with Gasteiger partial charge in [-0.2, -0.15) is 0 Å². The number of nitrogens with two attached hydrogens (primary N) is 1. The van der Waals surface area contributed by atoms with Gasteiger partial charge in [-0.15, -0.1) is 0 Å². The maximum atomic E-state index is 13.8. The molecule has 4 aromatic rings. The summed E-state index contributed by atoms with van der Waals surface area (Å²) in [6.45, 7) is 6.87. The number of fused-ring (bicyclic) bond motifs is 4. The number of nitrogens with zero attached hydrogens (tertiary/aromatic N) is 5. The van der Waals surface area contributed by atoms with E-state index in [0.29, 0.717) is 17.1 Å². The first-order valence-corrected chi connectivity index (χ1v) is 16.2.